The van der Waals surface area contributed by atoms with Crippen LogP contribution in [0.4, 0.5) is 0 Å². The van der Waals surface area contributed by atoms with E-state index in [1.165, 1.54) is 12.4 Å². The van der Waals surface area contributed by atoms with Crippen LogP contribution in [0.1, 0.15) is 5.56 Å². The van der Waals surface area contributed by atoms with E-state index in [-0.39, 0.29) is 5.84 Å². The smallest absolute Gasteiger partial charge is 0.173 e. The molecule has 0 amide bonds. The van der Waals surface area contributed by atoms with Gasteiger partial charge in [0.05, 0.1) is 16.8 Å². The van der Waals surface area contributed by atoms with Crippen molar-refractivity contribution in [3.05, 3.63) is 52.3 Å². The highest BCUT2D eigenvalue weighted by Gasteiger charge is 2.11. The zero-order chi connectivity index (χ0) is 13.8. The van der Waals surface area contributed by atoms with E-state index >= 15 is 0 Å². The Hall–Kier alpha value is -1.98. The van der Waals surface area contributed by atoms with E-state index in [0.717, 1.165) is 0 Å². The van der Waals surface area contributed by atoms with Crippen molar-refractivity contribution in [2.24, 2.45) is 10.9 Å². The first kappa shape index (κ1) is 13.5. The molecule has 5 nitrogen and oxygen atoms in total. The topological polar surface area (TPSA) is 80.7 Å². The minimum Gasteiger partial charge on any atom is -0.453 e. The summed E-state index contributed by atoms with van der Waals surface area (Å²) in [7, 11) is 0. The average molecular weight is 298 g/mol. The highest BCUT2D eigenvalue weighted by molar-refractivity contribution is 6.34. The number of halogens is 2. The van der Waals surface area contributed by atoms with Crippen molar-refractivity contribution in [1.29, 1.82) is 0 Å². The number of rotatable bonds is 3. The van der Waals surface area contributed by atoms with E-state index in [4.69, 9.17) is 38.9 Å². The van der Waals surface area contributed by atoms with Gasteiger partial charge < -0.3 is 15.7 Å². The number of amidine groups is 1. The lowest BCUT2D eigenvalue weighted by atomic mass is 10.2. The summed E-state index contributed by atoms with van der Waals surface area (Å²) in [6, 6.07) is 6.37. The first-order valence-corrected chi connectivity index (χ1v) is 5.92. The molecule has 0 unspecified atom stereocenters. The van der Waals surface area contributed by atoms with Crippen molar-refractivity contribution in [3.63, 3.8) is 0 Å². The standard InChI is InChI=1S/C12H9Cl2N3O2/c13-7-1-2-9(14)10(5-7)19-11-6-16-4-3-8(11)12(15)17-18/h1-6,18H,(H2,15,17). The molecule has 0 aliphatic rings. The molecule has 0 aliphatic carbocycles. The average Bonchev–Trinajstić information content (AvgIpc) is 2.42. The molecule has 0 bridgehead atoms. The summed E-state index contributed by atoms with van der Waals surface area (Å²) in [4.78, 5) is 3.92. The van der Waals surface area contributed by atoms with E-state index in [2.05, 4.69) is 10.1 Å². The largest absolute Gasteiger partial charge is 0.453 e. The van der Waals surface area contributed by atoms with Gasteiger partial charge in [0.2, 0.25) is 0 Å². The molecule has 19 heavy (non-hydrogen) atoms. The van der Waals surface area contributed by atoms with Crippen LogP contribution in [0, 0.1) is 0 Å². The van der Waals surface area contributed by atoms with Crippen LogP contribution in [0.5, 0.6) is 11.5 Å². The van der Waals surface area contributed by atoms with Crippen molar-refractivity contribution in [3.8, 4) is 11.5 Å². The SMILES string of the molecule is N/C(=N/O)c1ccncc1Oc1cc(Cl)ccc1Cl. The van der Waals surface area contributed by atoms with Gasteiger partial charge in [-0.25, -0.2) is 0 Å². The monoisotopic (exact) mass is 297 g/mol. The predicted octanol–water partition coefficient (Wildman–Crippen LogP) is 3.28. The van der Waals surface area contributed by atoms with Crippen molar-refractivity contribution < 1.29 is 9.94 Å². The Kier molecular flexibility index (Phi) is 4.09. The second-order valence-electron chi connectivity index (χ2n) is 3.53. The third-order valence-corrected chi connectivity index (χ3v) is 2.83. The fraction of sp³-hybridized carbons (Fsp3) is 0. The van der Waals surface area contributed by atoms with Crippen molar-refractivity contribution >= 4 is 29.0 Å². The minimum absolute atomic E-state index is 0.0875. The van der Waals surface area contributed by atoms with Gasteiger partial charge in [-0.2, -0.15) is 0 Å². The van der Waals surface area contributed by atoms with Crippen LogP contribution in [0.3, 0.4) is 0 Å². The zero-order valence-electron chi connectivity index (χ0n) is 9.55. The molecule has 0 radical (unpaired) electrons. The quantitative estimate of drug-likeness (QED) is 0.394. The third-order valence-electron chi connectivity index (χ3n) is 2.28. The zero-order valence-corrected chi connectivity index (χ0v) is 11.1. The molecule has 0 saturated carbocycles. The summed E-state index contributed by atoms with van der Waals surface area (Å²) >= 11 is 11.9. The number of oxime groups is 1. The van der Waals surface area contributed by atoms with Gasteiger partial charge in [-0.15, -0.1) is 0 Å². The first-order chi connectivity index (χ1) is 9.11. The number of benzene rings is 1. The highest BCUT2D eigenvalue weighted by atomic mass is 35.5. The minimum atomic E-state index is -0.0875. The molecular weight excluding hydrogens is 289 g/mol. The first-order valence-electron chi connectivity index (χ1n) is 5.16. The molecule has 98 valence electrons. The lowest BCUT2D eigenvalue weighted by Gasteiger charge is -2.10. The van der Waals surface area contributed by atoms with Crippen molar-refractivity contribution in [2.45, 2.75) is 0 Å². The molecule has 0 fully saturated rings. The summed E-state index contributed by atoms with van der Waals surface area (Å²) in [6.07, 6.45) is 2.93. The maximum Gasteiger partial charge on any atom is 0.173 e. The number of ether oxygens (including phenoxy) is 1. The molecule has 2 aromatic rings. The van der Waals surface area contributed by atoms with Crippen LogP contribution >= 0.6 is 23.2 Å². The van der Waals surface area contributed by atoms with Crippen LogP contribution in [0.15, 0.2) is 41.8 Å². The van der Waals surface area contributed by atoms with Crippen LogP contribution < -0.4 is 10.5 Å². The molecule has 0 saturated heterocycles. The van der Waals surface area contributed by atoms with E-state index in [9.17, 15) is 0 Å². The molecule has 1 aromatic heterocycles. The van der Waals surface area contributed by atoms with Gasteiger partial charge in [-0.3, -0.25) is 4.98 Å². The van der Waals surface area contributed by atoms with Gasteiger partial charge in [0.25, 0.3) is 0 Å². The molecule has 1 heterocycles. The lowest BCUT2D eigenvalue weighted by molar-refractivity contribution is 0.318. The van der Waals surface area contributed by atoms with E-state index in [1.807, 2.05) is 0 Å². The third kappa shape index (κ3) is 3.07. The van der Waals surface area contributed by atoms with Crippen molar-refractivity contribution in [2.75, 3.05) is 0 Å². The fourth-order valence-electron chi connectivity index (χ4n) is 1.40. The summed E-state index contributed by atoms with van der Waals surface area (Å²) in [5, 5.41) is 12.5. The van der Waals surface area contributed by atoms with Gasteiger partial charge in [-0.05, 0) is 18.2 Å². The Morgan fingerprint density at radius 2 is 2.05 bits per heavy atom. The second-order valence-corrected chi connectivity index (χ2v) is 4.38. The maximum absolute atomic E-state index is 8.72. The van der Waals surface area contributed by atoms with Gasteiger partial charge in [-0.1, -0.05) is 28.4 Å². The summed E-state index contributed by atoms with van der Waals surface area (Å²) in [5.41, 5.74) is 5.95. The maximum atomic E-state index is 8.72. The molecule has 1 aromatic carbocycles. The Morgan fingerprint density at radius 3 is 2.79 bits per heavy atom. The molecule has 3 N–H and O–H groups in total. The molecule has 0 atom stereocenters. The Morgan fingerprint density at radius 1 is 1.26 bits per heavy atom. The molecule has 0 spiro atoms. The van der Waals surface area contributed by atoms with Crippen LogP contribution in [0.2, 0.25) is 10.0 Å². The van der Waals surface area contributed by atoms with Crippen molar-refractivity contribution in [1.82, 2.24) is 4.98 Å². The van der Waals surface area contributed by atoms with Gasteiger partial charge in [0, 0.05) is 17.3 Å². The number of hydrogen-bond acceptors (Lipinski definition) is 4. The molecule has 0 aliphatic heterocycles. The van der Waals surface area contributed by atoms with Crippen LogP contribution in [0.25, 0.3) is 0 Å². The summed E-state index contributed by atoms with van der Waals surface area (Å²) in [5.74, 6) is 0.576. The fourth-order valence-corrected chi connectivity index (χ4v) is 1.72. The molecular formula is C12H9Cl2N3O2. The van der Waals surface area contributed by atoms with Gasteiger partial charge >= 0.3 is 0 Å². The van der Waals surface area contributed by atoms with E-state index in [1.54, 1.807) is 24.3 Å². The Bertz CT molecular complexity index is 632. The number of pyridine rings is 1. The molecule has 2 rings (SSSR count). The van der Waals surface area contributed by atoms with Gasteiger partial charge in [0.1, 0.15) is 5.75 Å². The second kappa shape index (κ2) is 5.77. The number of aromatic nitrogens is 1. The number of nitrogens with zero attached hydrogens (tertiary/aromatic N) is 2. The number of nitrogens with two attached hydrogens (primary N) is 1. The highest BCUT2D eigenvalue weighted by Crippen LogP contribution is 2.32. The van der Waals surface area contributed by atoms with Crippen LogP contribution in [-0.2, 0) is 0 Å². The summed E-state index contributed by atoms with van der Waals surface area (Å²) in [6.45, 7) is 0. The number of hydrogen-bond donors (Lipinski definition) is 2. The Balaban J connectivity index is 2.41. The van der Waals surface area contributed by atoms with E-state index < -0.39 is 0 Å². The summed E-state index contributed by atoms with van der Waals surface area (Å²) < 4.78 is 5.59. The van der Waals surface area contributed by atoms with Crippen LogP contribution in [-0.4, -0.2) is 16.0 Å². The molecule has 7 heteroatoms. The lowest BCUT2D eigenvalue weighted by Crippen LogP contribution is -2.14. The normalized spacial score (nSPS) is 11.4. The Labute approximate surface area is 119 Å². The van der Waals surface area contributed by atoms with E-state index in [0.29, 0.717) is 27.1 Å². The van der Waals surface area contributed by atoms with Gasteiger partial charge in [0.15, 0.2) is 11.6 Å². The predicted molar refractivity (Wildman–Crippen MR) is 73.3 cm³/mol.